The van der Waals surface area contributed by atoms with Crippen LogP contribution in [0.3, 0.4) is 0 Å². The van der Waals surface area contributed by atoms with Crippen molar-refractivity contribution in [1.29, 1.82) is 0 Å². The SMILES string of the molecule is CCc1cc2c(cc1CC)CNC2. The highest BCUT2D eigenvalue weighted by molar-refractivity contribution is 5.40. The predicted octanol–water partition coefficient (Wildman–Crippen LogP) is 2.41. The van der Waals surface area contributed by atoms with Gasteiger partial charge in [0.25, 0.3) is 0 Å². The van der Waals surface area contributed by atoms with Crippen molar-refractivity contribution in [2.24, 2.45) is 0 Å². The molecule has 1 aliphatic heterocycles. The van der Waals surface area contributed by atoms with Crippen LogP contribution in [0.15, 0.2) is 12.1 Å². The molecule has 0 aromatic heterocycles. The largest absolute Gasteiger partial charge is 0.309 e. The summed E-state index contributed by atoms with van der Waals surface area (Å²) in [7, 11) is 0. The van der Waals surface area contributed by atoms with Crippen LogP contribution in [-0.2, 0) is 25.9 Å². The second kappa shape index (κ2) is 3.51. The van der Waals surface area contributed by atoms with E-state index in [1.165, 1.54) is 22.3 Å². The fourth-order valence-corrected chi connectivity index (χ4v) is 2.11. The summed E-state index contributed by atoms with van der Waals surface area (Å²) < 4.78 is 0. The monoisotopic (exact) mass is 175 g/mol. The first-order chi connectivity index (χ1) is 6.35. The van der Waals surface area contributed by atoms with Crippen LogP contribution in [0.5, 0.6) is 0 Å². The Labute approximate surface area is 80.2 Å². The summed E-state index contributed by atoms with van der Waals surface area (Å²) in [5.41, 5.74) is 6.08. The van der Waals surface area contributed by atoms with E-state index in [2.05, 4.69) is 31.3 Å². The van der Waals surface area contributed by atoms with Gasteiger partial charge in [-0.2, -0.15) is 0 Å². The minimum Gasteiger partial charge on any atom is -0.309 e. The smallest absolute Gasteiger partial charge is 0.0212 e. The van der Waals surface area contributed by atoms with Gasteiger partial charge in [-0.25, -0.2) is 0 Å². The molecule has 1 nitrogen and oxygen atoms in total. The number of fused-ring (bicyclic) bond motifs is 1. The van der Waals surface area contributed by atoms with E-state index in [1.54, 1.807) is 0 Å². The molecule has 2 rings (SSSR count). The maximum Gasteiger partial charge on any atom is 0.0212 e. The lowest BCUT2D eigenvalue weighted by Crippen LogP contribution is -1.99. The molecule has 1 heterocycles. The van der Waals surface area contributed by atoms with Gasteiger partial charge in [-0.15, -0.1) is 0 Å². The first-order valence-electron chi connectivity index (χ1n) is 5.19. The number of hydrogen-bond acceptors (Lipinski definition) is 1. The quantitative estimate of drug-likeness (QED) is 0.728. The summed E-state index contributed by atoms with van der Waals surface area (Å²) in [6.45, 7) is 6.60. The number of rotatable bonds is 2. The molecule has 1 heteroatoms. The van der Waals surface area contributed by atoms with Crippen molar-refractivity contribution in [3.8, 4) is 0 Å². The van der Waals surface area contributed by atoms with Gasteiger partial charge in [-0.05, 0) is 35.1 Å². The van der Waals surface area contributed by atoms with Crippen LogP contribution in [0, 0.1) is 0 Å². The first-order valence-corrected chi connectivity index (χ1v) is 5.19. The highest BCUT2D eigenvalue weighted by atomic mass is 14.9. The molecule has 1 N–H and O–H groups in total. The Bertz CT molecular complexity index is 284. The molecule has 0 spiro atoms. The van der Waals surface area contributed by atoms with Crippen LogP contribution in [0.2, 0.25) is 0 Å². The van der Waals surface area contributed by atoms with Gasteiger partial charge in [-0.1, -0.05) is 26.0 Å². The highest BCUT2D eigenvalue weighted by Gasteiger charge is 2.12. The van der Waals surface area contributed by atoms with E-state index >= 15 is 0 Å². The van der Waals surface area contributed by atoms with Gasteiger partial charge in [0.1, 0.15) is 0 Å². The zero-order chi connectivity index (χ0) is 9.26. The van der Waals surface area contributed by atoms with E-state index in [0.717, 1.165) is 25.9 Å². The number of nitrogens with one attached hydrogen (secondary N) is 1. The fourth-order valence-electron chi connectivity index (χ4n) is 2.11. The van der Waals surface area contributed by atoms with Gasteiger partial charge >= 0.3 is 0 Å². The second-order valence-electron chi connectivity index (χ2n) is 3.70. The van der Waals surface area contributed by atoms with Crippen molar-refractivity contribution in [1.82, 2.24) is 5.32 Å². The van der Waals surface area contributed by atoms with Crippen LogP contribution in [0.1, 0.15) is 36.1 Å². The van der Waals surface area contributed by atoms with Crippen molar-refractivity contribution in [3.05, 3.63) is 34.4 Å². The molecule has 0 fully saturated rings. The zero-order valence-corrected chi connectivity index (χ0v) is 8.48. The van der Waals surface area contributed by atoms with E-state index in [9.17, 15) is 0 Å². The van der Waals surface area contributed by atoms with Crippen molar-refractivity contribution < 1.29 is 0 Å². The summed E-state index contributed by atoms with van der Waals surface area (Å²) in [6.07, 6.45) is 2.33. The number of hydrogen-bond donors (Lipinski definition) is 1. The normalized spacial score (nSPS) is 14.6. The Morgan fingerprint density at radius 1 is 1.00 bits per heavy atom. The van der Waals surface area contributed by atoms with Gasteiger partial charge in [0.2, 0.25) is 0 Å². The lowest BCUT2D eigenvalue weighted by molar-refractivity contribution is 0.764. The van der Waals surface area contributed by atoms with E-state index in [0.29, 0.717) is 0 Å². The van der Waals surface area contributed by atoms with Crippen molar-refractivity contribution in [3.63, 3.8) is 0 Å². The highest BCUT2D eigenvalue weighted by Crippen LogP contribution is 2.21. The Kier molecular flexibility index (Phi) is 2.36. The molecule has 0 bridgehead atoms. The van der Waals surface area contributed by atoms with Crippen LogP contribution in [0.25, 0.3) is 0 Å². The van der Waals surface area contributed by atoms with E-state index in [1.807, 2.05) is 0 Å². The van der Waals surface area contributed by atoms with Gasteiger partial charge in [0, 0.05) is 13.1 Å². The van der Waals surface area contributed by atoms with E-state index < -0.39 is 0 Å². The van der Waals surface area contributed by atoms with Crippen LogP contribution < -0.4 is 5.32 Å². The maximum absolute atomic E-state index is 3.39. The Hall–Kier alpha value is -0.820. The molecule has 0 aliphatic carbocycles. The van der Waals surface area contributed by atoms with E-state index in [-0.39, 0.29) is 0 Å². The van der Waals surface area contributed by atoms with Gasteiger partial charge in [0.05, 0.1) is 0 Å². The molecule has 0 amide bonds. The van der Waals surface area contributed by atoms with E-state index in [4.69, 9.17) is 0 Å². The van der Waals surface area contributed by atoms with Crippen molar-refractivity contribution in [2.75, 3.05) is 0 Å². The molecular weight excluding hydrogens is 158 g/mol. The average molecular weight is 175 g/mol. The molecule has 0 saturated carbocycles. The molecule has 0 radical (unpaired) electrons. The molecule has 0 atom stereocenters. The Balaban J connectivity index is 2.47. The van der Waals surface area contributed by atoms with Gasteiger partial charge < -0.3 is 5.32 Å². The third-order valence-corrected chi connectivity index (χ3v) is 2.91. The molecule has 1 aliphatic rings. The molecule has 0 unspecified atom stereocenters. The van der Waals surface area contributed by atoms with Crippen LogP contribution >= 0.6 is 0 Å². The topological polar surface area (TPSA) is 12.0 Å². The standard InChI is InChI=1S/C12H17N/c1-3-9-5-11-7-13-8-12(11)6-10(9)4-2/h5-6,13H,3-4,7-8H2,1-2H3. The molecule has 1 aromatic carbocycles. The summed E-state index contributed by atoms with van der Waals surface area (Å²) in [5, 5.41) is 3.39. The second-order valence-corrected chi connectivity index (χ2v) is 3.70. The Morgan fingerprint density at radius 2 is 1.46 bits per heavy atom. The maximum atomic E-state index is 3.39. The summed E-state index contributed by atoms with van der Waals surface area (Å²) in [4.78, 5) is 0. The van der Waals surface area contributed by atoms with Crippen molar-refractivity contribution in [2.45, 2.75) is 39.8 Å². The zero-order valence-electron chi connectivity index (χ0n) is 8.48. The predicted molar refractivity (Wildman–Crippen MR) is 55.7 cm³/mol. The summed E-state index contributed by atoms with van der Waals surface area (Å²) in [6, 6.07) is 4.77. The Morgan fingerprint density at radius 3 is 1.85 bits per heavy atom. The summed E-state index contributed by atoms with van der Waals surface area (Å²) >= 11 is 0. The molecule has 0 saturated heterocycles. The lowest BCUT2D eigenvalue weighted by Gasteiger charge is -2.08. The molecule has 1 aromatic rings. The third kappa shape index (κ3) is 1.49. The van der Waals surface area contributed by atoms with Gasteiger partial charge in [0.15, 0.2) is 0 Å². The summed E-state index contributed by atoms with van der Waals surface area (Å²) in [5.74, 6) is 0. The first kappa shape index (κ1) is 8.76. The number of aryl methyl sites for hydroxylation is 2. The minimum atomic E-state index is 1.06. The van der Waals surface area contributed by atoms with Gasteiger partial charge in [-0.3, -0.25) is 0 Å². The molecule has 70 valence electrons. The molecule has 13 heavy (non-hydrogen) atoms. The number of benzene rings is 1. The minimum absolute atomic E-state index is 1.06. The fraction of sp³-hybridized carbons (Fsp3) is 0.500. The average Bonchev–Trinajstić information content (AvgIpc) is 2.62. The van der Waals surface area contributed by atoms with Crippen molar-refractivity contribution >= 4 is 0 Å². The van der Waals surface area contributed by atoms with Crippen LogP contribution in [-0.4, -0.2) is 0 Å². The third-order valence-electron chi connectivity index (χ3n) is 2.91. The van der Waals surface area contributed by atoms with Crippen LogP contribution in [0.4, 0.5) is 0 Å². The lowest BCUT2D eigenvalue weighted by atomic mass is 9.97. The molecular formula is C12H17N.